The first-order chi connectivity index (χ1) is 11.6. The number of rotatable bonds is 1. The minimum Gasteiger partial charge on any atom is -0.289 e. The van der Waals surface area contributed by atoms with Crippen LogP contribution < -0.4 is 0 Å². The number of hydrogen-bond acceptors (Lipinski definition) is 3. The number of Topliss-reactive ketones (excluding diaryl/α,β-unsaturated/α-hetero) is 2. The molecule has 0 atom stereocenters. The minimum absolute atomic E-state index is 0.0341. The molecule has 0 aliphatic heterocycles. The normalized spacial score (nSPS) is 21.0. The van der Waals surface area contributed by atoms with Gasteiger partial charge in [0, 0.05) is 11.1 Å². The Hall–Kier alpha value is -1.45. The van der Waals surface area contributed by atoms with E-state index in [4.69, 9.17) is 28.2 Å². The van der Waals surface area contributed by atoms with Gasteiger partial charge in [0.1, 0.15) is 0 Å². The fourth-order valence-corrected chi connectivity index (χ4v) is 3.45. The van der Waals surface area contributed by atoms with Gasteiger partial charge in [-0.1, -0.05) is 64.7 Å². The largest absolute Gasteiger partial charge is 0.289 e. The number of carbonyl (C=O) groups is 2. The number of halogens is 2. The van der Waals surface area contributed by atoms with Crippen LogP contribution in [0.1, 0.15) is 48.5 Å². The van der Waals surface area contributed by atoms with E-state index in [1.807, 2.05) is 60.6 Å². The smallest absolute Gasteiger partial charge is 0.215 e. The van der Waals surface area contributed by atoms with E-state index in [1.54, 1.807) is 0 Å². The molecule has 5 heteroatoms. The molecular weight excluding hydrogens is 369 g/mol. The number of aliphatic imine (C=N–C) groups is 1. The van der Waals surface area contributed by atoms with Crippen molar-refractivity contribution in [3.05, 3.63) is 45.5 Å². The highest BCUT2D eigenvalue weighted by Gasteiger charge is 2.39. The molecule has 0 radical (unpaired) electrons. The lowest BCUT2D eigenvalue weighted by atomic mass is 9.69. The summed E-state index contributed by atoms with van der Waals surface area (Å²) in [5, 5.41) is 0.0681. The van der Waals surface area contributed by atoms with E-state index in [-0.39, 0.29) is 26.7 Å². The predicted octanol–water partition coefficient (Wildman–Crippen LogP) is 5.54. The van der Waals surface area contributed by atoms with Crippen LogP contribution in [0.3, 0.4) is 0 Å². The average Bonchev–Trinajstić information content (AvgIpc) is 2.44. The monoisotopic (exact) mass is 393 g/mol. The molecule has 0 aromatic rings. The number of nitrogens with zero attached hydrogens (tertiary/aromatic N) is 1. The Morgan fingerprint density at radius 3 is 1.54 bits per heavy atom. The first-order valence-electron chi connectivity index (χ1n) is 8.54. The molecule has 3 nitrogen and oxygen atoms in total. The molecule has 2 aliphatic carbocycles. The van der Waals surface area contributed by atoms with Gasteiger partial charge in [-0.05, 0) is 42.1 Å². The van der Waals surface area contributed by atoms with Gasteiger partial charge in [0.05, 0.1) is 21.3 Å². The molecule has 2 rings (SSSR count). The van der Waals surface area contributed by atoms with Crippen LogP contribution in [0.25, 0.3) is 0 Å². The highest BCUT2D eigenvalue weighted by atomic mass is 35.5. The first kappa shape index (κ1) is 20.9. The van der Waals surface area contributed by atoms with Crippen LogP contribution in [0.5, 0.6) is 0 Å². The highest BCUT2D eigenvalue weighted by Crippen LogP contribution is 2.41. The molecule has 140 valence electrons. The van der Waals surface area contributed by atoms with Crippen molar-refractivity contribution in [3.63, 3.8) is 0 Å². The van der Waals surface area contributed by atoms with E-state index in [1.165, 1.54) is 12.2 Å². The van der Waals surface area contributed by atoms with Gasteiger partial charge in [-0.25, -0.2) is 0 Å². The van der Waals surface area contributed by atoms with Crippen LogP contribution in [0.15, 0.2) is 50.5 Å². The van der Waals surface area contributed by atoms with E-state index < -0.39 is 11.3 Å². The van der Waals surface area contributed by atoms with Gasteiger partial charge in [0.2, 0.25) is 5.78 Å². The zero-order valence-corrected chi connectivity index (χ0v) is 17.8. The summed E-state index contributed by atoms with van der Waals surface area (Å²) in [6.07, 6.45) is 6.81. The second-order valence-electron chi connectivity index (χ2n) is 9.02. The predicted molar refractivity (Wildman–Crippen MR) is 109 cm³/mol. The number of hydrogen-bond donors (Lipinski definition) is 0. The van der Waals surface area contributed by atoms with Crippen molar-refractivity contribution in [3.8, 4) is 0 Å². The summed E-state index contributed by atoms with van der Waals surface area (Å²) in [7, 11) is 0. The molecule has 0 aromatic carbocycles. The molecule has 2 aliphatic rings. The van der Waals surface area contributed by atoms with Gasteiger partial charge in [0.25, 0.3) is 0 Å². The van der Waals surface area contributed by atoms with Crippen LogP contribution >= 0.6 is 23.2 Å². The second kappa shape index (κ2) is 6.61. The Morgan fingerprint density at radius 2 is 1.19 bits per heavy atom. The van der Waals surface area contributed by atoms with Gasteiger partial charge in [0.15, 0.2) is 5.78 Å². The summed E-state index contributed by atoms with van der Waals surface area (Å²) in [6.45, 7) is 14.0. The third-order valence-electron chi connectivity index (χ3n) is 4.33. The molecule has 0 unspecified atom stereocenters. The molecule has 0 spiro atoms. The number of allylic oxidation sites excluding steroid dienone is 6. The van der Waals surface area contributed by atoms with Crippen molar-refractivity contribution >= 4 is 40.5 Å². The fraction of sp³-hybridized carbons (Fsp3) is 0.476. The summed E-state index contributed by atoms with van der Waals surface area (Å²) in [6, 6.07) is 0. The van der Waals surface area contributed by atoms with E-state index in [9.17, 15) is 9.59 Å². The number of ketones is 2. The summed E-state index contributed by atoms with van der Waals surface area (Å²) in [5.74, 6) is -0.350. The molecular formula is C21H25Cl2NO2. The molecule has 0 bridgehead atoms. The molecule has 26 heavy (non-hydrogen) atoms. The standard InChI is InChI=1S/C21H25Cl2NO2/c1-19(2,3)13-10-21(7,11-14(17(13)25)20(4,5)6)24-12-8-15(22)18(26)16(23)9-12/h8-11H,1-7H3. The van der Waals surface area contributed by atoms with Crippen LogP contribution in [0.4, 0.5) is 0 Å². The molecule has 0 amide bonds. The van der Waals surface area contributed by atoms with Crippen molar-refractivity contribution in [1.29, 1.82) is 0 Å². The van der Waals surface area contributed by atoms with Crippen LogP contribution in [0.2, 0.25) is 0 Å². The third kappa shape index (κ3) is 4.27. The van der Waals surface area contributed by atoms with Gasteiger partial charge in [-0.3, -0.25) is 14.6 Å². The van der Waals surface area contributed by atoms with Gasteiger partial charge in [-0.15, -0.1) is 0 Å². The van der Waals surface area contributed by atoms with Crippen molar-refractivity contribution in [2.45, 2.75) is 54.0 Å². The zero-order valence-electron chi connectivity index (χ0n) is 16.3. The highest BCUT2D eigenvalue weighted by molar-refractivity contribution is 6.57. The quantitative estimate of drug-likeness (QED) is 0.548. The molecule has 0 saturated heterocycles. The maximum atomic E-state index is 13.1. The summed E-state index contributed by atoms with van der Waals surface area (Å²) >= 11 is 11.9. The maximum Gasteiger partial charge on any atom is 0.215 e. The molecule has 0 aromatic heterocycles. The lowest BCUT2D eigenvalue weighted by molar-refractivity contribution is -0.114. The third-order valence-corrected chi connectivity index (χ3v) is 4.89. The molecule has 0 heterocycles. The SMILES string of the molecule is CC1(N=C2C=C(Cl)C(=O)C(Cl)=C2)C=C(C(C)(C)C)C(=O)C(C(C)(C)C)=C1. The Labute approximate surface area is 165 Å². The van der Waals surface area contributed by atoms with Crippen LogP contribution in [-0.2, 0) is 9.59 Å². The van der Waals surface area contributed by atoms with Crippen molar-refractivity contribution in [1.82, 2.24) is 0 Å². The van der Waals surface area contributed by atoms with Crippen molar-refractivity contribution in [2.24, 2.45) is 15.8 Å². The minimum atomic E-state index is -0.740. The van der Waals surface area contributed by atoms with Gasteiger partial charge in [-0.2, -0.15) is 0 Å². The van der Waals surface area contributed by atoms with Crippen LogP contribution in [-0.4, -0.2) is 22.8 Å². The summed E-state index contributed by atoms with van der Waals surface area (Å²) < 4.78 is 0. The summed E-state index contributed by atoms with van der Waals surface area (Å²) in [5.41, 5.74) is 0.601. The maximum absolute atomic E-state index is 13.1. The van der Waals surface area contributed by atoms with E-state index >= 15 is 0 Å². The Bertz CT molecular complexity index is 767. The van der Waals surface area contributed by atoms with Crippen molar-refractivity contribution in [2.75, 3.05) is 0 Å². The van der Waals surface area contributed by atoms with Gasteiger partial charge >= 0.3 is 0 Å². The Morgan fingerprint density at radius 1 is 0.808 bits per heavy atom. The van der Waals surface area contributed by atoms with Crippen LogP contribution in [0, 0.1) is 10.8 Å². The first-order valence-corrected chi connectivity index (χ1v) is 9.30. The average molecular weight is 394 g/mol. The Kier molecular flexibility index (Phi) is 5.31. The molecule has 0 fully saturated rings. The topological polar surface area (TPSA) is 46.5 Å². The van der Waals surface area contributed by atoms with E-state index in [0.29, 0.717) is 5.71 Å². The van der Waals surface area contributed by atoms with Crippen molar-refractivity contribution < 1.29 is 9.59 Å². The molecule has 0 saturated carbocycles. The van der Waals surface area contributed by atoms with E-state index in [2.05, 4.69) is 0 Å². The molecule has 0 N–H and O–H groups in total. The Balaban J connectivity index is 2.66. The number of carbonyl (C=O) groups excluding carboxylic acids is 2. The summed E-state index contributed by atoms with van der Waals surface area (Å²) in [4.78, 5) is 29.5. The lowest BCUT2D eigenvalue weighted by Gasteiger charge is -2.36. The zero-order chi connectivity index (χ0) is 20.1. The van der Waals surface area contributed by atoms with Gasteiger partial charge < -0.3 is 0 Å². The fourth-order valence-electron chi connectivity index (χ4n) is 2.97. The van der Waals surface area contributed by atoms with E-state index in [0.717, 1.165) is 11.1 Å². The lowest BCUT2D eigenvalue weighted by Crippen LogP contribution is -2.35. The second-order valence-corrected chi connectivity index (χ2v) is 9.84.